The molecular weight excluding hydrogens is 314 g/mol. The molecule has 104 valence electrons. The van der Waals surface area contributed by atoms with Gasteiger partial charge in [-0.1, -0.05) is 23.2 Å². The van der Waals surface area contributed by atoms with E-state index in [9.17, 15) is 18.0 Å². The number of pyridine rings is 1. The number of hydrogen-bond donors (Lipinski definition) is 0. The van der Waals surface area contributed by atoms with Gasteiger partial charge in [0.15, 0.2) is 0 Å². The van der Waals surface area contributed by atoms with Gasteiger partial charge >= 0.3 is 6.18 Å². The molecule has 0 N–H and O–H groups in total. The first kappa shape index (κ1) is 14.8. The second-order valence-electron chi connectivity index (χ2n) is 3.91. The summed E-state index contributed by atoms with van der Waals surface area (Å²) in [5, 5.41) is 0.502. The first-order valence-corrected chi connectivity index (χ1v) is 6.07. The fourth-order valence-corrected chi connectivity index (χ4v) is 2.11. The van der Waals surface area contributed by atoms with Crippen molar-refractivity contribution in [2.75, 3.05) is 0 Å². The molecule has 2 nitrogen and oxygen atoms in total. The Hall–Kier alpha value is -1.59. The number of aldehydes is 1. The lowest BCUT2D eigenvalue weighted by Crippen LogP contribution is -2.09. The van der Waals surface area contributed by atoms with Gasteiger partial charge < -0.3 is 0 Å². The van der Waals surface area contributed by atoms with E-state index in [1.54, 1.807) is 0 Å². The van der Waals surface area contributed by atoms with Gasteiger partial charge in [0, 0.05) is 16.1 Å². The Morgan fingerprint density at radius 2 is 1.80 bits per heavy atom. The van der Waals surface area contributed by atoms with E-state index < -0.39 is 11.9 Å². The predicted octanol–water partition coefficient (Wildman–Crippen LogP) is 4.89. The Morgan fingerprint density at radius 3 is 2.35 bits per heavy atom. The van der Waals surface area contributed by atoms with Crippen LogP contribution in [0.25, 0.3) is 11.3 Å². The van der Waals surface area contributed by atoms with Crippen LogP contribution in [0.15, 0.2) is 30.3 Å². The zero-order chi connectivity index (χ0) is 14.9. The summed E-state index contributed by atoms with van der Waals surface area (Å²) in [6, 6.07) is 6.23. The number of aromatic nitrogens is 1. The third kappa shape index (κ3) is 3.11. The molecule has 0 saturated heterocycles. The first-order chi connectivity index (χ1) is 9.31. The van der Waals surface area contributed by atoms with Crippen LogP contribution < -0.4 is 0 Å². The maximum atomic E-state index is 12.7. The molecule has 0 aliphatic rings. The van der Waals surface area contributed by atoms with Crippen LogP contribution >= 0.6 is 23.2 Å². The maximum absolute atomic E-state index is 12.7. The summed E-state index contributed by atoms with van der Waals surface area (Å²) >= 11 is 11.7. The van der Waals surface area contributed by atoms with Gasteiger partial charge in [0.1, 0.15) is 12.0 Å². The zero-order valence-corrected chi connectivity index (χ0v) is 11.2. The summed E-state index contributed by atoms with van der Waals surface area (Å²) in [6.45, 7) is 0. The van der Waals surface area contributed by atoms with Crippen LogP contribution in [0, 0.1) is 0 Å². The molecule has 0 radical (unpaired) electrons. The molecule has 2 rings (SSSR count). The van der Waals surface area contributed by atoms with Gasteiger partial charge in [-0.05, 0) is 30.3 Å². The standard InChI is InChI=1S/C13H6Cl2F3NO/c14-8-1-2-9(10(15)5-8)11-3-7(6-20)4-12(19-11)13(16,17)18/h1-6H. The quantitative estimate of drug-likeness (QED) is 0.738. The van der Waals surface area contributed by atoms with Gasteiger partial charge in [0.25, 0.3) is 0 Å². The molecular formula is C13H6Cl2F3NO. The maximum Gasteiger partial charge on any atom is 0.433 e. The van der Waals surface area contributed by atoms with E-state index >= 15 is 0 Å². The van der Waals surface area contributed by atoms with Gasteiger partial charge in [0.05, 0.1) is 10.7 Å². The summed E-state index contributed by atoms with van der Waals surface area (Å²) in [6.07, 6.45) is -4.32. The molecule has 0 amide bonds. The molecule has 0 unspecified atom stereocenters. The largest absolute Gasteiger partial charge is 0.433 e. The molecule has 7 heteroatoms. The zero-order valence-electron chi connectivity index (χ0n) is 9.71. The van der Waals surface area contributed by atoms with Crippen LogP contribution in [0.2, 0.25) is 10.0 Å². The van der Waals surface area contributed by atoms with Crippen LogP contribution in [-0.2, 0) is 6.18 Å². The molecule has 1 heterocycles. The third-order valence-corrected chi connectivity index (χ3v) is 3.03. The normalized spacial score (nSPS) is 11.4. The Morgan fingerprint density at radius 1 is 1.10 bits per heavy atom. The van der Waals surface area contributed by atoms with Gasteiger partial charge in [-0.3, -0.25) is 4.79 Å². The summed E-state index contributed by atoms with van der Waals surface area (Å²) < 4.78 is 38.2. The lowest BCUT2D eigenvalue weighted by atomic mass is 10.1. The highest BCUT2D eigenvalue weighted by atomic mass is 35.5. The molecule has 2 aromatic rings. The molecule has 1 aromatic carbocycles. The van der Waals surface area contributed by atoms with Crippen molar-refractivity contribution in [1.29, 1.82) is 0 Å². The Labute approximate surface area is 122 Å². The van der Waals surface area contributed by atoms with Crippen molar-refractivity contribution >= 4 is 29.5 Å². The van der Waals surface area contributed by atoms with Crippen molar-refractivity contribution in [2.24, 2.45) is 0 Å². The van der Waals surface area contributed by atoms with Crippen LogP contribution in [-0.4, -0.2) is 11.3 Å². The van der Waals surface area contributed by atoms with E-state index in [1.165, 1.54) is 24.3 Å². The van der Waals surface area contributed by atoms with Crippen molar-refractivity contribution in [3.05, 3.63) is 51.6 Å². The van der Waals surface area contributed by atoms with Crippen LogP contribution in [0.5, 0.6) is 0 Å². The van der Waals surface area contributed by atoms with Crippen molar-refractivity contribution in [3.63, 3.8) is 0 Å². The smallest absolute Gasteiger partial charge is 0.298 e. The molecule has 0 fully saturated rings. The number of carbonyl (C=O) groups is 1. The topological polar surface area (TPSA) is 30.0 Å². The first-order valence-electron chi connectivity index (χ1n) is 5.31. The van der Waals surface area contributed by atoms with Gasteiger partial charge in [-0.15, -0.1) is 0 Å². The third-order valence-electron chi connectivity index (χ3n) is 2.48. The second kappa shape index (κ2) is 5.42. The Balaban J connectivity index is 2.64. The average molecular weight is 320 g/mol. The summed E-state index contributed by atoms with van der Waals surface area (Å²) in [5.41, 5.74) is -1.05. The molecule has 1 aromatic heterocycles. The van der Waals surface area contributed by atoms with Gasteiger partial charge in [0.2, 0.25) is 0 Å². The van der Waals surface area contributed by atoms with Crippen molar-refractivity contribution in [3.8, 4) is 11.3 Å². The highest BCUT2D eigenvalue weighted by Gasteiger charge is 2.33. The van der Waals surface area contributed by atoms with Crippen molar-refractivity contribution in [2.45, 2.75) is 6.18 Å². The fourth-order valence-electron chi connectivity index (χ4n) is 1.60. The second-order valence-corrected chi connectivity index (χ2v) is 4.75. The minimum absolute atomic E-state index is 0.0383. The number of carbonyl (C=O) groups excluding carboxylic acids is 1. The van der Waals surface area contributed by atoms with Crippen molar-refractivity contribution in [1.82, 2.24) is 4.98 Å². The Kier molecular flexibility index (Phi) is 4.01. The predicted molar refractivity (Wildman–Crippen MR) is 70.1 cm³/mol. The number of halogens is 5. The number of hydrogen-bond acceptors (Lipinski definition) is 2. The number of benzene rings is 1. The van der Waals surface area contributed by atoms with E-state index in [2.05, 4.69) is 4.98 Å². The molecule has 0 atom stereocenters. The number of alkyl halides is 3. The minimum atomic E-state index is -4.65. The summed E-state index contributed by atoms with van der Waals surface area (Å²) in [5.74, 6) is 0. The van der Waals surface area contributed by atoms with Crippen molar-refractivity contribution < 1.29 is 18.0 Å². The molecule has 0 spiro atoms. The molecule has 0 aliphatic heterocycles. The lowest BCUT2D eigenvalue weighted by molar-refractivity contribution is -0.141. The van der Waals surface area contributed by atoms with Gasteiger partial charge in [-0.2, -0.15) is 13.2 Å². The van der Waals surface area contributed by atoms with E-state index in [0.29, 0.717) is 17.4 Å². The number of nitrogens with zero attached hydrogens (tertiary/aromatic N) is 1. The minimum Gasteiger partial charge on any atom is -0.298 e. The van der Waals surface area contributed by atoms with Crippen LogP contribution in [0.1, 0.15) is 16.1 Å². The summed E-state index contributed by atoms with van der Waals surface area (Å²) in [4.78, 5) is 14.3. The fraction of sp³-hybridized carbons (Fsp3) is 0.0769. The highest BCUT2D eigenvalue weighted by molar-refractivity contribution is 6.36. The lowest BCUT2D eigenvalue weighted by Gasteiger charge is -2.10. The molecule has 20 heavy (non-hydrogen) atoms. The molecule has 0 saturated carbocycles. The number of rotatable bonds is 2. The highest BCUT2D eigenvalue weighted by Crippen LogP contribution is 2.33. The van der Waals surface area contributed by atoms with E-state index in [1.807, 2.05) is 0 Å². The summed E-state index contributed by atoms with van der Waals surface area (Å²) in [7, 11) is 0. The van der Waals surface area contributed by atoms with E-state index in [4.69, 9.17) is 23.2 Å². The Bertz CT molecular complexity index is 671. The van der Waals surface area contributed by atoms with Gasteiger partial charge in [-0.25, -0.2) is 4.98 Å². The SMILES string of the molecule is O=Cc1cc(-c2ccc(Cl)cc2Cl)nc(C(F)(F)F)c1. The molecule has 0 aliphatic carbocycles. The van der Waals surface area contributed by atoms with Crippen LogP contribution in [0.3, 0.4) is 0 Å². The average Bonchev–Trinajstić information content (AvgIpc) is 2.37. The van der Waals surface area contributed by atoms with E-state index in [-0.39, 0.29) is 21.8 Å². The monoisotopic (exact) mass is 319 g/mol. The van der Waals surface area contributed by atoms with Crippen LogP contribution in [0.4, 0.5) is 13.2 Å². The molecule has 0 bridgehead atoms. The van der Waals surface area contributed by atoms with E-state index in [0.717, 1.165) is 0 Å².